The first-order valence-electron chi connectivity index (χ1n) is 5.04. The number of hydrogen-bond acceptors (Lipinski definition) is 3. The third kappa shape index (κ3) is 1.94. The highest BCUT2D eigenvalue weighted by molar-refractivity contribution is 6.07. The molecule has 1 aliphatic carbocycles. The molecule has 0 aromatic heterocycles. The lowest BCUT2D eigenvalue weighted by molar-refractivity contribution is -0.124. The van der Waals surface area contributed by atoms with Gasteiger partial charge in [0.25, 0.3) is 5.91 Å². The Morgan fingerprint density at radius 2 is 2.00 bits per heavy atom. The number of imide groups is 1. The number of rotatable bonds is 0. The van der Waals surface area contributed by atoms with Crippen LogP contribution in [0.1, 0.15) is 32.1 Å². The Morgan fingerprint density at radius 3 is 2.60 bits per heavy atom. The molecule has 2 atom stereocenters. The number of nitrogens with two attached hydrogens (primary N) is 1. The van der Waals surface area contributed by atoms with Crippen LogP contribution in [0.4, 0.5) is 4.79 Å². The van der Waals surface area contributed by atoms with Crippen LogP contribution in [0.25, 0.3) is 0 Å². The van der Waals surface area contributed by atoms with E-state index in [1.54, 1.807) is 0 Å². The van der Waals surface area contributed by atoms with Gasteiger partial charge in [0.1, 0.15) is 5.54 Å². The quantitative estimate of drug-likeness (QED) is 0.526. The zero-order chi connectivity index (χ0) is 10.2. The molecule has 86 valence electrons. The molecule has 0 aromatic carbocycles. The van der Waals surface area contributed by atoms with Gasteiger partial charge in [-0.05, 0) is 12.8 Å². The fourth-order valence-electron chi connectivity index (χ4n) is 2.32. The van der Waals surface area contributed by atoms with Crippen LogP contribution in [0.5, 0.6) is 0 Å². The minimum atomic E-state index is -0.826. The summed E-state index contributed by atoms with van der Waals surface area (Å²) in [6, 6.07) is -0.663. The van der Waals surface area contributed by atoms with E-state index in [1.807, 2.05) is 0 Å². The molecule has 0 radical (unpaired) electrons. The average molecular weight is 234 g/mol. The topological polar surface area (TPSA) is 84.2 Å². The molecule has 2 unspecified atom stereocenters. The molecule has 1 saturated carbocycles. The van der Waals surface area contributed by atoms with E-state index in [0.29, 0.717) is 6.42 Å². The molecule has 2 aliphatic rings. The van der Waals surface area contributed by atoms with Crippen LogP contribution >= 0.6 is 12.4 Å². The normalized spacial score (nSPS) is 35.4. The third-order valence-corrected chi connectivity index (χ3v) is 3.19. The molecule has 1 heterocycles. The van der Waals surface area contributed by atoms with Gasteiger partial charge < -0.3 is 11.1 Å². The highest BCUT2D eigenvalue weighted by atomic mass is 35.5. The van der Waals surface area contributed by atoms with Crippen LogP contribution in [0.15, 0.2) is 0 Å². The van der Waals surface area contributed by atoms with Crippen molar-refractivity contribution in [3.8, 4) is 0 Å². The van der Waals surface area contributed by atoms with Crippen molar-refractivity contribution in [3.05, 3.63) is 0 Å². The lowest BCUT2D eigenvalue weighted by atomic mass is 9.86. The molecule has 3 amide bonds. The molecule has 1 saturated heterocycles. The summed E-state index contributed by atoms with van der Waals surface area (Å²) in [5.74, 6) is -0.253. The molecule has 0 bridgehead atoms. The Morgan fingerprint density at radius 1 is 1.27 bits per heavy atom. The smallest absolute Gasteiger partial charge is 0.322 e. The second-order valence-corrected chi connectivity index (χ2v) is 4.09. The molecule has 0 aromatic rings. The van der Waals surface area contributed by atoms with E-state index in [2.05, 4.69) is 10.6 Å². The van der Waals surface area contributed by atoms with Gasteiger partial charge in [0.15, 0.2) is 0 Å². The lowest BCUT2D eigenvalue weighted by Crippen LogP contribution is -2.59. The van der Waals surface area contributed by atoms with Crippen LogP contribution < -0.4 is 16.4 Å². The van der Waals surface area contributed by atoms with E-state index in [1.165, 1.54) is 0 Å². The number of nitrogens with one attached hydrogen (secondary N) is 2. The fraction of sp³-hybridized carbons (Fsp3) is 0.778. The summed E-state index contributed by atoms with van der Waals surface area (Å²) >= 11 is 0. The standard InChI is InChI=1S/C9H15N3O2.ClH/c10-6-4-2-1-3-5-9(6)7(13)11-8(14)12-9;/h6H,1-5,10H2,(H2,11,12,13,14);1H. The second kappa shape index (κ2) is 4.37. The van der Waals surface area contributed by atoms with Gasteiger partial charge in [0.2, 0.25) is 0 Å². The fourth-order valence-corrected chi connectivity index (χ4v) is 2.32. The highest BCUT2D eigenvalue weighted by Gasteiger charge is 2.50. The summed E-state index contributed by atoms with van der Waals surface area (Å²) in [5, 5.41) is 4.95. The number of hydrogen-bond donors (Lipinski definition) is 3. The summed E-state index contributed by atoms with van der Waals surface area (Å²) in [4.78, 5) is 22.7. The molecule has 2 fully saturated rings. The largest absolute Gasteiger partial charge is 0.325 e. The van der Waals surface area contributed by atoms with Crippen LogP contribution in [0.3, 0.4) is 0 Å². The van der Waals surface area contributed by atoms with Crippen molar-refractivity contribution in [2.24, 2.45) is 5.73 Å². The van der Waals surface area contributed by atoms with Crippen LogP contribution in [0.2, 0.25) is 0 Å². The maximum atomic E-state index is 11.7. The minimum absolute atomic E-state index is 0. The molecule has 15 heavy (non-hydrogen) atoms. The minimum Gasteiger partial charge on any atom is -0.325 e. The third-order valence-electron chi connectivity index (χ3n) is 3.19. The van der Waals surface area contributed by atoms with Gasteiger partial charge in [0.05, 0.1) is 0 Å². The first kappa shape index (κ1) is 12.3. The molecular formula is C9H16ClN3O2. The molecule has 6 heteroatoms. The van der Waals surface area contributed by atoms with Gasteiger partial charge >= 0.3 is 6.03 Å². The second-order valence-electron chi connectivity index (χ2n) is 4.09. The number of carbonyl (C=O) groups is 2. The van der Waals surface area contributed by atoms with Crippen LogP contribution in [-0.4, -0.2) is 23.5 Å². The number of halogens is 1. The van der Waals surface area contributed by atoms with E-state index in [4.69, 9.17) is 5.73 Å². The first-order valence-corrected chi connectivity index (χ1v) is 5.04. The maximum absolute atomic E-state index is 11.7. The zero-order valence-electron chi connectivity index (χ0n) is 8.41. The van der Waals surface area contributed by atoms with Crippen molar-refractivity contribution < 1.29 is 9.59 Å². The number of carbonyl (C=O) groups excluding carboxylic acids is 2. The SMILES string of the molecule is Cl.NC1CCCCCC12NC(=O)NC2=O. The monoisotopic (exact) mass is 233 g/mol. The Labute approximate surface area is 94.6 Å². The van der Waals surface area contributed by atoms with Gasteiger partial charge in [-0.3, -0.25) is 10.1 Å². The highest BCUT2D eigenvalue weighted by Crippen LogP contribution is 2.28. The van der Waals surface area contributed by atoms with Crippen molar-refractivity contribution >= 4 is 24.3 Å². The van der Waals surface area contributed by atoms with Crippen LogP contribution in [0, 0.1) is 0 Å². The van der Waals surface area contributed by atoms with E-state index < -0.39 is 11.6 Å². The van der Waals surface area contributed by atoms with E-state index in [0.717, 1.165) is 25.7 Å². The molecule has 4 N–H and O–H groups in total. The number of amides is 3. The van der Waals surface area contributed by atoms with Gasteiger partial charge in [-0.15, -0.1) is 12.4 Å². The van der Waals surface area contributed by atoms with Crippen molar-refractivity contribution in [1.29, 1.82) is 0 Å². The van der Waals surface area contributed by atoms with Crippen molar-refractivity contribution in [1.82, 2.24) is 10.6 Å². The Hall–Kier alpha value is -0.810. The van der Waals surface area contributed by atoms with Gasteiger partial charge in [0, 0.05) is 6.04 Å². The first-order chi connectivity index (χ1) is 6.65. The van der Waals surface area contributed by atoms with E-state index >= 15 is 0 Å². The molecule has 1 aliphatic heterocycles. The van der Waals surface area contributed by atoms with Crippen molar-refractivity contribution in [3.63, 3.8) is 0 Å². The lowest BCUT2D eigenvalue weighted by Gasteiger charge is -2.30. The average Bonchev–Trinajstić information content (AvgIpc) is 2.31. The van der Waals surface area contributed by atoms with Gasteiger partial charge in [-0.25, -0.2) is 4.79 Å². The molecule has 1 spiro atoms. The summed E-state index contributed by atoms with van der Waals surface area (Å²) in [7, 11) is 0. The van der Waals surface area contributed by atoms with Crippen molar-refractivity contribution in [2.45, 2.75) is 43.7 Å². The molecule has 2 rings (SSSR count). The summed E-state index contributed by atoms with van der Waals surface area (Å²) in [5.41, 5.74) is 5.13. The Balaban J connectivity index is 0.00000112. The summed E-state index contributed by atoms with van der Waals surface area (Å²) in [6.07, 6.45) is 4.52. The van der Waals surface area contributed by atoms with Gasteiger partial charge in [-0.2, -0.15) is 0 Å². The zero-order valence-corrected chi connectivity index (χ0v) is 9.23. The van der Waals surface area contributed by atoms with E-state index in [9.17, 15) is 9.59 Å². The maximum Gasteiger partial charge on any atom is 0.322 e. The Bertz CT molecular complexity index is 285. The summed E-state index contributed by atoms with van der Waals surface area (Å²) < 4.78 is 0. The Kier molecular flexibility index (Phi) is 3.57. The molecular weight excluding hydrogens is 218 g/mol. The van der Waals surface area contributed by atoms with Gasteiger partial charge in [-0.1, -0.05) is 19.3 Å². The number of urea groups is 1. The summed E-state index contributed by atoms with van der Waals surface area (Å²) in [6.45, 7) is 0. The molecule has 5 nitrogen and oxygen atoms in total. The van der Waals surface area contributed by atoms with Crippen LogP contribution in [-0.2, 0) is 4.79 Å². The van der Waals surface area contributed by atoms with E-state index in [-0.39, 0.29) is 24.4 Å². The predicted molar refractivity (Wildman–Crippen MR) is 57.7 cm³/mol. The van der Waals surface area contributed by atoms with Crippen molar-refractivity contribution in [2.75, 3.05) is 0 Å². The predicted octanol–water partition coefficient (Wildman–Crippen LogP) is 0.278.